The maximum atomic E-state index is 12.8. The molecule has 0 saturated heterocycles. The van der Waals surface area contributed by atoms with Crippen molar-refractivity contribution in [2.45, 2.75) is 69.9 Å². The van der Waals surface area contributed by atoms with Crippen LogP contribution in [0.5, 0.6) is 0 Å². The fourth-order valence-corrected chi connectivity index (χ4v) is 3.05. The Bertz CT molecular complexity index is 505. The van der Waals surface area contributed by atoms with Crippen LogP contribution in [0, 0.1) is 0 Å². The third kappa shape index (κ3) is 3.60. The van der Waals surface area contributed by atoms with Crippen LogP contribution in [0.15, 0.2) is 6.07 Å². The molecule has 0 radical (unpaired) electrons. The Morgan fingerprint density at radius 3 is 2.62 bits per heavy atom. The third-order valence-corrected chi connectivity index (χ3v) is 4.31. The zero-order valence-corrected chi connectivity index (χ0v) is 12.0. The molecule has 6 heteroatoms. The van der Waals surface area contributed by atoms with Gasteiger partial charge in [-0.1, -0.05) is 19.3 Å². The fraction of sp³-hybridized carbons (Fsp3) is 0.733. The molecule has 0 spiro atoms. The van der Waals surface area contributed by atoms with Crippen LogP contribution >= 0.6 is 0 Å². The van der Waals surface area contributed by atoms with Crippen LogP contribution in [0.2, 0.25) is 0 Å². The van der Waals surface area contributed by atoms with Gasteiger partial charge >= 0.3 is 0 Å². The van der Waals surface area contributed by atoms with Gasteiger partial charge in [-0.05, 0) is 31.7 Å². The molecule has 116 valence electrons. The Morgan fingerprint density at radius 1 is 1.29 bits per heavy atom. The topological polar surface area (TPSA) is 46.9 Å². The first-order chi connectivity index (χ1) is 10.1. The second-order valence-electron chi connectivity index (χ2n) is 6.13. The average Bonchev–Trinajstić information content (AvgIpc) is 3.21. The van der Waals surface area contributed by atoms with Crippen molar-refractivity contribution in [1.29, 1.82) is 0 Å². The van der Waals surface area contributed by atoms with Crippen molar-refractivity contribution in [3.8, 4) is 0 Å². The smallest absolute Gasteiger partial charge is 0.282 e. The van der Waals surface area contributed by atoms with E-state index in [1.54, 1.807) is 0 Å². The summed E-state index contributed by atoms with van der Waals surface area (Å²) < 4.78 is 27.0. The number of halogens is 2. The Balaban J connectivity index is 1.64. The summed E-state index contributed by atoms with van der Waals surface area (Å²) in [5, 5.41) is 6.91. The van der Waals surface area contributed by atoms with E-state index in [1.165, 1.54) is 17.2 Å². The molecule has 3 rings (SSSR count). The van der Waals surface area contributed by atoms with E-state index in [9.17, 15) is 13.6 Å². The fourth-order valence-electron chi connectivity index (χ4n) is 3.05. The normalized spacial score (nSPS) is 20.0. The van der Waals surface area contributed by atoms with E-state index in [1.807, 2.05) is 0 Å². The highest BCUT2D eigenvalue weighted by molar-refractivity contribution is 5.76. The molecule has 2 saturated carbocycles. The highest BCUT2D eigenvalue weighted by Crippen LogP contribution is 2.41. The van der Waals surface area contributed by atoms with E-state index in [0.717, 1.165) is 44.2 Å². The lowest BCUT2D eigenvalue weighted by Crippen LogP contribution is -2.38. The van der Waals surface area contributed by atoms with Crippen LogP contribution < -0.4 is 5.32 Å². The summed E-state index contributed by atoms with van der Waals surface area (Å²) in [5.41, 5.74) is 0.562. The third-order valence-electron chi connectivity index (χ3n) is 4.31. The van der Waals surface area contributed by atoms with Crippen LogP contribution in [0.4, 0.5) is 8.78 Å². The molecule has 1 amide bonds. The summed E-state index contributed by atoms with van der Waals surface area (Å²) in [7, 11) is 0. The average molecular weight is 297 g/mol. The molecule has 1 heterocycles. The zero-order chi connectivity index (χ0) is 14.8. The molecule has 2 aliphatic rings. The number of nitrogens with one attached hydrogen (secondary N) is 1. The summed E-state index contributed by atoms with van der Waals surface area (Å²) in [4.78, 5) is 12.1. The van der Waals surface area contributed by atoms with Crippen molar-refractivity contribution >= 4 is 5.91 Å². The molecule has 1 aromatic heterocycles. The predicted octanol–water partition coefficient (Wildman–Crippen LogP) is 3.15. The summed E-state index contributed by atoms with van der Waals surface area (Å²) in [6.07, 6.45) is 4.98. The van der Waals surface area contributed by atoms with Gasteiger partial charge in [0.2, 0.25) is 5.91 Å². The summed E-state index contributed by atoms with van der Waals surface area (Å²) in [6.45, 7) is 0.0506. The first-order valence-corrected chi connectivity index (χ1v) is 7.78. The Labute approximate surface area is 122 Å². The molecule has 0 unspecified atom stereocenters. The quantitative estimate of drug-likeness (QED) is 0.907. The molecular weight excluding hydrogens is 276 g/mol. The number of rotatable bonds is 5. The number of alkyl halides is 2. The summed E-state index contributed by atoms with van der Waals surface area (Å²) >= 11 is 0. The molecule has 1 aromatic rings. The van der Waals surface area contributed by atoms with E-state index in [4.69, 9.17) is 0 Å². The largest absolute Gasteiger partial charge is 0.352 e. The van der Waals surface area contributed by atoms with Crippen molar-refractivity contribution in [3.63, 3.8) is 0 Å². The molecule has 4 nitrogen and oxygen atoms in total. The second kappa shape index (κ2) is 6.12. The maximum Gasteiger partial charge on any atom is 0.282 e. The highest BCUT2D eigenvalue weighted by Gasteiger charge is 2.30. The van der Waals surface area contributed by atoms with Crippen molar-refractivity contribution < 1.29 is 13.6 Å². The van der Waals surface area contributed by atoms with Crippen molar-refractivity contribution in [2.24, 2.45) is 0 Å². The minimum atomic E-state index is -2.58. The van der Waals surface area contributed by atoms with E-state index < -0.39 is 6.43 Å². The molecule has 2 aliphatic carbocycles. The van der Waals surface area contributed by atoms with Gasteiger partial charge in [-0.15, -0.1) is 0 Å². The lowest BCUT2D eigenvalue weighted by atomic mass is 9.95. The standard InChI is InChI=1S/C15H21F2N3O/c16-15(17)12-8-13(10-6-7-10)20(19-12)9-14(21)18-11-4-2-1-3-5-11/h8,10-11,15H,1-7,9H2,(H,18,21). The number of nitrogens with zero attached hydrogens (tertiary/aromatic N) is 2. The summed E-state index contributed by atoms with van der Waals surface area (Å²) in [6, 6.07) is 1.69. The van der Waals surface area contributed by atoms with Crippen molar-refractivity contribution in [3.05, 3.63) is 17.5 Å². The molecule has 0 atom stereocenters. The van der Waals surface area contributed by atoms with E-state index in [0.29, 0.717) is 5.92 Å². The molecule has 0 bridgehead atoms. The van der Waals surface area contributed by atoms with Gasteiger partial charge < -0.3 is 5.32 Å². The molecule has 0 aromatic carbocycles. The number of aromatic nitrogens is 2. The van der Waals surface area contributed by atoms with Crippen LogP contribution in [-0.2, 0) is 11.3 Å². The first kappa shape index (κ1) is 14.5. The van der Waals surface area contributed by atoms with Crippen LogP contribution in [-0.4, -0.2) is 21.7 Å². The summed E-state index contributed by atoms with van der Waals surface area (Å²) in [5.74, 6) is 0.181. The van der Waals surface area contributed by atoms with Gasteiger partial charge in [0, 0.05) is 17.7 Å². The molecule has 2 fully saturated rings. The zero-order valence-electron chi connectivity index (χ0n) is 12.0. The number of hydrogen-bond acceptors (Lipinski definition) is 2. The number of carbonyl (C=O) groups is 1. The number of amides is 1. The van der Waals surface area contributed by atoms with Gasteiger partial charge in [-0.3, -0.25) is 9.48 Å². The maximum absolute atomic E-state index is 12.8. The SMILES string of the molecule is O=C(Cn1nc(C(F)F)cc1C1CC1)NC1CCCCC1. The Morgan fingerprint density at radius 2 is 2.00 bits per heavy atom. The molecule has 1 N–H and O–H groups in total. The van der Waals surface area contributed by atoms with Gasteiger partial charge in [0.15, 0.2) is 0 Å². The Hall–Kier alpha value is -1.46. The lowest BCUT2D eigenvalue weighted by Gasteiger charge is -2.22. The van der Waals surface area contributed by atoms with Crippen LogP contribution in [0.1, 0.15) is 68.7 Å². The van der Waals surface area contributed by atoms with E-state index in [-0.39, 0.29) is 24.2 Å². The first-order valence-electron chi connectivity index (χ1n) is 7.78. The van der Waals surface area contributed by atoms with Crippen LogP contribution in [0.25, 0.3) is 0 Å². The van der Waals surface area contributed by atoms with Crippen LogP contribution in [0.3, 0.4) is 0 Å². The number of carbonyl (C=O) groups excluding carboxylic acids is 1. The predicted molar refractivity (Wildman–Crippen MR) is 74.2 cm³/mol. The van der Waals surface area contributed by atoms with Gasteiger partial charge in [0.05, 0.1) is 0 Å². The van der Waals surface area contributed by atoms with Gasteiger partial charge in [0.25, 0.3) is 6.43 Å². The van der Waals surface area contributed by atoms with E-state index in [2.05, 4.69) is 10.4 Å². The van der Waals surface area contributed by atoms with Crippen molar-refractivity contribution in [1.82, 2.24) is 15.1 Å². The minimum absolute atomic E-state index is 0.0506. The second-order valence-corrected chi connectivity index (χ2v) is 6.13. The van der Waals surface area contributed by atoms with Gasteiger partial charge in [-0.25, -0.2) is 8.78 Å². The minimum Gasteiger partial charge on any atom is -0.352 e. The monoisotopic (exact) mass is 297 g/mol. The lowest BCUT2D eigenvalue weighted by molar-refractivity contribution is -0.122. The van der Waals surface area contributed by atoms with Crippen molar-refractivity contribution in [2.75, 3.05) is 0 Å². The van der Waals surface area contributed by atoms with Gasteiger partial charge in [0.1, 0.15) is 12.2 Å². The van der Waals surface area contributed by atoms with Gasteiger partial charge in [-0.2, -0.15) is 5.10 Å². The molecular formula is C15H21F2N3O. The Kier molecular flexibility index (Phi) is 4.22. The number of hydrogen-bond donors (Lipinski definition) is 1. The van der Waals surface area contributed by atoms with E-state index >= 15 is 0 Å². The molecule has 21 heavy (non-hydrogen) atoms. The molecule has 0 aliphatic heterocycles. The highest BCUT2D eigenvalue weighted by atomic mass is 19.3.